The van der Waals surface area contributed by atoms with Gasteiger partial charge in [-0.15, -0.1) is 0 Å². The van der Waals surface area contributed by atoms with Crippen LogP contribution in [0.15, 0.2) is 23.8 Å². The van der Waals surface area contributed by atoms with Gasteiger partial charge < -0.3 is 5.11 Å². The lowest BCUT2D eigenvalue weighted by molar-refractivity contribution is -0.121. The highest BCUT2D eigenvalue weighted by Crippen LogP contribution is 2.53. The van der Waals surface area contributed by atoms with E-state index in [2.05, 4.69) is 13.5 Å². The van der Waals surface area contributed by atoms with Crippen molar-refractivity contribution in [1.29, 1.82) is 0 Å². The number of carbonyl (C=O) groups excluding carboxylic acids is 1. The van der Waals surface area contributed by atoms with E-state index in [0.717, 1.165) is 24.0 Å². The summed E-state index contributed by atoms with van der Waals surface area (Å²) in [5, 5.41) is 10.6. The summed E-state index contributed by atoms with van der Waals surface area (Å²) in [5.41, 5.74) is 1.28. The van der Waals surface area contributed by atoms with Crippen LogP contribution >= 0.6 is 0 Å². The number of allylic oxidation sites excluding steroid dienone is 2. The van der Waals surface area contributed by atoms with Crippen molar-refractivity contribution in [3.8, 4) is 0 Å². The molecule has 0 saturated heterocycles. The van der Waals surface area contributed by atoms with E-state index >= 15 is 0 Å². The lowest BCUT2D eigenvalue weighted by Crippen LogP contribution is -2.47. The molecular weight excluding hydrogens is 212 g/mol. The number of hydrogen-bond donors (Lipinski definition) is 1. The third kappa shape index (κ3) is 1.99. The highest BCUT2D eigenvalue weighted by atomic mass is 16.3. The average molecular weight is 234 g/mol. The van der Waals surface area contributed by atoms with Crippen molar-refractivity contribution in [3.05, 3.63) is 23.8 Å². The maximum absolute atomic E-state index is 11.7. The number of fused-ring (bicyclic) bond motifs is 1. The van der Waals surface area contributed by atoms with Gasteiger partial charge in [-0.3, -0.25) is 4.79 Å². The Balaban J connectivity index is 2.33. The smallest absolute Gasteiger partial charge is 0.156 e. The molecule has 0 heterocycles. The SMILES string of the molecule is C=C(C)[C@]1(O)CC[C@]2(C)CC(=O)C=C(C)[C@H]2C1. The van der Waals surface area contributed by atoms with Crippen LogP contribution in [0.4, 0.5) is 0 Å². The second kappa shape index (κ2) is 3.81. The standard InChI is InChI=1S/C15H22O2/c1-10(2)15(17)6-5-14(4)8-12(16)7-11(3)13(14)9-15/h7,13,17H,1,5-6,8-9H2,2-4H3/t13-,14-,15+/m1/s1. The normalized spacial score (nSPS) is 41.8. The van der Waals surface area contributed by atoms with Crippen LogP contribution < -0.4 is 0 Å². The van der Waals surface area contributed by atoms with Crippen molar-refractivity contribution in [2.75, 3.05) is 0 Å². The van der Waals surface area contributed by atoms with Crippen molar-refractivity contribution in [2.45, 2.75) is 52.1 Å². The van der Waals surface area contributed by atoms with Crippen molar-refractivity contribution < 1.29 is 9.90 Å². The van der Waals surface area contributed by atoms with Gasteiger partial charge in [0.2, 0.25) is 0 Å². The molecule has 0 aromatic heterocycles. The van der Waals surface area contributed by atoms with Crippen LogP contribution in [0.3, 0.4) is 0 Å². The van der Waals surface area contributed by atoms with Crippen LogP contribution in [0.5, 0.6) is 0 Å². The molecule has 0 unspecified atom stereocenters. The van der Waals surface area contributed by atoms with Gasteiger partial charge in [-0.25, -0.2) is 0 Å². The van der Waals surface area contributed by atoms with Gasteiger partial charge in [-0.05, 0) is 56.1 Å². The summed E-state index contributed by atoms with van der Waals surface area (Å²) in [7, 11) is 0. The van der Waals surface area contributed by atoms with Gasteiger partial charge in [0.25, 0.3) is 0 Å². The quantitative estimate of drug-likeness (QED) is 0.708. The predicted molar refractivity (Wildman–Crippen MR) is 68.6 cm³/mol. The second-order valence-electron chi connectivity index (χ2n) is 6.25. The molecule has 2 aliphatic carbocycles. The average Bonchev–Trinajstić information content (AvgIpc) is 2.20. The van der Waals surface area contributed by atoms with Crippen LogP contribution in [0.2, 0.25) is 0 Å². The van der Waals surface area contributed by atoms with E-state index in [1.807, 2.05) is 13.8 Å². The van der Waals surface area contributed by atoms with Crippen molar-refractivity contribution in [3.63, 3.8) is 0 Å². The maximum atomic E-state index is 11.7. The molecule has 94 valence electrons. The van der Waals surface area contributed by atoms with E-state index in [-0.39, 0.29) is 11.2 Å². The fraction of sp³-hybridized carbons (Fsp3) is 0.667. The molecule has 0 amide bonds. The van der Waals surface area contributed by atoms with Crippen LogP contribution in [0.25, 0.3) is 0 Å². The minimum atomic E-state index is -0.736. The molecule has 17 heavy (non-hydrogen) atoms. The molecule has 0 radical (unpaired) electrons. The topological polar surface area (TPSA) is 37.3 Å². The summed E-state index contributed by atoms with van der Waals surface area (Å²) >= 11 is 0. The summed E-state index contributed by atoms with van der Waals surface area (Å²) in [6.45, 7) is 10.0. The van der Waals surface area contributed by atoms with Crippen molar-refractivity contribution in [1.82, 2.24) is 0 Å². The zero-order chi connectivity index (χ0) is 12.8. The van der Waals surface area contributed by atoms with Crippen molar-refractivity contribution in [2.24, 2.45) is 11.3 Å². The monoisotopic (exact) mass is 234 g/mol. The van der Waals surface area contributed by atoms with Gasteiger partial charge >= 0.3 is 0 Å². The Morgan fingerprint density at radius 3 is 2.76 bits per heavy atom. The Morgan fingerprint density at radius 1 is 1.53 bits per heavy atom. The van der Waals surface area contributed by atoms with E-state index in [4.69, 9.17) is 0 Å². The molecule has 0 bridgehead atoms. The first-order valence-corrected chi connectivity index (χ1v) is 6.36. The number of ketones is 1. The molecule has 1 fully saturated rings. The Morgan fingerprint density at radius 2 is 2.18 bits per heavy atom. The zero-order valence-electron chi connectivity index (χ0n) is 11.0. The van der Waals surface area contributed by atoms with Gasteiger partial charge in [0.15, 0.2) is 5.78 Å². The maximum Gasteiger partial charge on any atom is 0.156 e. The molecule has 2 rings (SSSR count). The third-order valence-electron chi connectivity index (χ3n) is 4.80. The van der Waals surface area contributed by atoms with Crippen LogP contribution in [0, 0.1) is 11.3 Å². The fourth-order valence-corrected chi connectivity index (χ4v) is 3.47. The molecule has 2 heteroatoms. The second-order valence-corrected chi connectivity index (χ2v) is 6.25. The molecule has 0 aromatic carbocycles. The van der Waals surface area contributed by atoms with E-state index in [0.29, 0.717) is 18.8 Å². The fourth-order valence-electron chi connectivity index (χ4n) is 3.47. The number of rotatable bonds is 1. The molecular formula is C15H22O2. The van der Waals surface area contributed by atoms with E-state index in [1.54, 1.807) is 6.08 Å². The molecule has 2 aliphatic rings. The molecule has 3 atom stereocenters. The Hall–Kier alpha value is -0.890. The first kappa shape index (κ1) is 12.6. The van der Waals surface area contributed by atoms with Crippen LogP contribution in [-0.4, -0.2) is 16.5 Å². The lowest BCUT2D eigenvalue weighted by atomic mass is 9.56. The third-order valence-corrected chi connectivity index (χ3v) is 4.80. The molecule has 2 nitrogen and oxygen atoms in total. The Kier molecular flexibility index (Phi) is 2.81. The minimum Gasteiger partial charge on any atom is -0.386 e. The minimum absolute atomic E-state index is 0.0393. The summed E-state index contributed by atoms with van der Waals surface area (Å²) in [5.74, 6) is 0.553. The Bertz CT molecular complexity index is 407. The van der Waals surface area contributed by atoms with Gasteiger partial charge in [0.1, 0.15) is 0 Å². The summed E-state index contributed by atoms with van der Waals surface area (Å²) in [6.07, 6.45) is 4.74. The zero-order valence-corrected chi connectivity index (χ0v) is 11.0. The Labute approximate surface area is 103 Å². The molecule has 1 N–H and O–H groups in total. The van der Waals surface area contributed by atoms with Gasteiger partial charge in [-0.1, -0.05) is 19.1 Å². The summed E-state index contributed by atoms with van der Waals surface area (Å²) in [6, 6.07) is 0. The number of hydrogen-bond acceptors (Lipinski definition) is 2. The summed E-state index contributed by atoms with van der Waals surface area (Å²) in [4.78, 5) is 11.7. The highest BCUT2D eigenvalue weighted by Gasteiger charge is 2.49. The number of carbonyl (C=O) groups is 1. The van der Waals surface area contributed by atoms with Crippen LogP contribution in [-0.2, 0) is 4.79 Å². The van der Waals surface area contributed by atoms with Crippen LogP contribution in [0.1, 0.15) is 46.5 Å². The number of aliphatic hydroxyl groups is 1. The summed E-state index contributed by atoms with van der Waals surface area (Å²) < 4.78 is 0. The largest absolute Gasteiger partial charge is 0.386 e. The molecule has 0 spiro atoms. The predicted octanol–water partition coefficient (Wildman–Crippen LogP) is 3.02. The molecule has 0 aliphatic heterocycles. The van der Waals surface area contributed by atoms with E-state index in [1.165, 1.54) is 0 Å². The van der Waals surface area contributed by atoms with Gasteiger partial charge in [0, 0.05) is 6.42 Å². The lowest BCUT2D eigenvalue weighted by Gasteiger charge is -2.50. The van der Waals surface area contributed by atoms with Crippen molar-refractivity contribution >= 4 is 5.78 Å². The van der Waals surface area contributed by atoms with Gasteiger partial charge in [0.05, 0.1) is 5.60 Å². The highest BCUT2D eigenvalue weighted by molar-refractivity contribution is 5.92. The molecule has 0 aromatic rings. The first-order valence-electron chi connectivity index (χ1n) is 6.36. The molecule has 1 saturated carbocycles. The van der Waals surface area contributed by atoms with Gasteiger partial charge in [-0.2, -0.15) is 0 Å². The van der Waals surface area contributed by atoms with E-state index < -0.39 is 5.60 Å². The first-order chi connectivity index (χ1) is 7.77. The van der Waals surface area contributed by atoms with E-state index in [9.17, 15) is 9.90 Å².